The van der Waals surface area contributed by atoms with Crippen molar-refractivity contribution in [2.75, 3.05) is 20.1 Å². The summed E-state index contributed by atoms with van der Waals surface area (Å²) >= 11 is 0. The molecule has 4 N–H and O–H groups in total. The minimum atomic E-state index is -0.389. The van der Waals surface area contributed by atoms with Crippen molar-refractivity contribution in [1.82, 2.24) is 4.90 Å². The molecule has 1 rings (SSSR count). The molecular weight excluding hydrogens is 232 g/mol. The summed E-state index contributed by atoms with van der Waals surface area (Å²) in [5.41, 5.74) is 5.51. The predicted octanol–water partition coefficient (Wildman–Crippen LogP) is 1.15. The summed E-state index contributed by atoms with van der Waals surface area (Å²) in [6, 6.07) is 4.32. The van der Waals surface area contributed by atoms with Crippen molar-refractivity contribution in [3.05, 3.63) is 23.8 Å². The Morgan fingerprint density at radius 3 is 2.56 bits per heavy atom. The molecule has 0 heterocycles. The van der Waals surface area contributed by atoms with Gasteiger partial charge in [-0.3, -0.25) is 4.79 Å². The van der Waals surface area contributed by atoms with Crippen molar-refractivity contribution >= 4 is 5.91 Å². The molecule has 0 saturated carbocycles. The number of nitrogens with zero attached hydrogens (tertiary/aromatic N) is 1. The van der Waals surface area contributed by atoms with Crippen LogP contribution in [0.3, 0.4) is 0 Å². The highest BCUT2D eigenvalue weighted by molar-refractivity contribution is 5.97. The highest BCUT2D eigenvalue weighted by Gasteiger charge is 2.24. The van der Waals surface area contributed by atoms with Gasteiger partial charge in [-0.05, 0) is 24.1 Å². The Hall–Kier alpha value is -1.75. The first-order valence-corrected chi connectivity index (χ1v) is 5.75. The molecule has 0 spiro atoms. The van der Waals surface area contributed by atoms with Crippen LogP contribution in [-0.2, 0) is 0 Å². The van der Waals surface area contributed by atoms with Crippen LogP contribution >= 0.6 is 0 Å². The minimum Gasteiger partial charge on any atom is -0.504 e. The maximum Gasteiger partial charge on any atom is 0.257 e. The lowest BCUT2D eigenvalue weighted by Gasteiger charge is -2.29. The van der Waals surface area contributed by atoms with Gasteiger partial charge in [0, 0.05) is 13.6 Å². The first-order valence-electron chi connectivity index (χ1n) is 5.75. The van der Waals surface area contributed by atoms with Crippen molar-refractivity contribution in [1.29, 1.82) is 0 Å². The SMILES string of the molecule is CN(CC(C)(C)CN)C(=O)c1cccc(O)c1O. The van der Waals surface area contributed by atoms with Crippen molar-refractivity contribution in [2.24, 2.45) is 11.1 Å². The van der Waals surface area contributed by atoms with E-state index in [1.165, 1.54) is 23.1 Å². The molecular formula is C13H20N2O3. The number of phenolic OH excluding ortho intramolecular Hbond substituents is 2. The number of benzene rings is 1. The van der Waals surface area contributed by atoms with Gasteiger partial charge in [-0.15, -0.1) is 0 Å². The summed E-state index contributed by atoms with van der Waals surface area (Å²) in [6.07, 6.45) is 0. The number of phenols is 2. The molecule has 1 aromatic carbocycles. The second-order valence-electron chi connectivity index (χ2n) is 5.20. The van der Waals surface area contributed by atoms with Crippen LogP contribution in [0.25, 0.3) is 0 Å². The van der Waals surface area contributed by atoms with Crippen molar-refractivity contribution in [2.45, 2.75) is 13.8 Å². The molecule has 0 aliphatic carbocycles. The predicted molar refractivity (Wildman–Crippen MR) is 69.6 cm³/mol. The average molecular weight is 252 g/mol. The monoisotopic (exact) mass is 252 g/mol. The third-order valence-corrected chi connectivity index (χ3v) is 2.81. The summed E-state index contributed by atoms with van der Waals surface area (Å²) in [6.45, 7) is 4.84. The van der Waals surface area contributed by atoms with E-state index < -0.39 is 0 Å². The zero-order chi connectivity index (χ0) is 13.9. The lowest BCUT2D eigenvalue weighted by molar-refractivity contribution is 0.0737. The van der Waals surface area contributed by atoms with Gasteiger partial charge >= 0.3 is 0 Å². The van der Waals surface area contributed by atoms with E-state index in [1.807, 2.05) is 13.8 Å². The lowest BCUT2D eigenvalue weighted by atomic mass is 9.93. The van der Waals surface area contributed by atoms with E-state index in [-0.39, 0.29) is 28.4 Å². The van der Waals surface area contributed by atoms with E-state index >= 15 is 0 Å². The molecule has 0 atom stereocenters. The maximum absolute atomic E-state index is 12.1. The Morgan fingerprint density at radius 2 is 2.00 bits per heavy atom. The molecule has 100 valence electrons. The first kappa shape index (κ1) is 14.3. The fourth-order valence-corrected chi connectivity index (χ4v) is 1.69. The number of hydrogen-bond donors (Lipinski definition) is 3. The van der Waals surface area contributed by atoms with Gasteiger partial charge in [-0.2, -0.15) is 0 Å². The topological polar surface area (TPSA) is 86.8 Å². The van der Waals surface area contributed by atoms with Crippen LogP contribution < -0.4 is 5.73 Å². The molecule has 1 aromatic rings. The molecule has 5 nitrogen and oxygen atoms in total. The molecule has 0 bridgehead atoms. The lowest BCUT2D eigenvalue weighted by Crippen LogP contribution is -2.39. The molecule has 0 unspecified atom stereocenters. The van der Waals surface area contributed by atoms with Crippen molar-refractivity contribution in [3.63, 3.8) is 0 Å². The highest BCUT2D eigenvalue weighted by Crippen LogP contribution is 2.29. The van der Waals surface area contributed by atoms with Gasteiger partial charge in [0.25, 0.3) is 5.91 Å². The van der Waals surface area contributed by atoms with E-state index in [0.29, 0.717) is 13.1 Å². The number of carbonyl (C=O) groups is 1. The number of amides is 1. The molecule has 0 radical (unpaired) electrons. The van der Waals surface area contributed by atoms with Crippen LogP contribution in [0.4, 0.5) is 0 Å². The Labute approximate surface area is 107 Å². The average Bonchev–Trinajstić information content (AvgIpc) is 2.31. The van der Waals surface area contributed by atoms with E-state index in [4.69, 9.17) is 5.73 Å². The number of hydrogen-bond acceptors (Lipinski definition) is 4. The number of nitrogens with two attached hydrogens (primary N) is 1. The number of aromatic hydroxyl groups is 2. The smallest absolute Gasteiger partial charge is 0.257 e. The Kier molecular flexibility index (Phi) is 4.19. The van der Waals surface area contributed by atoms with E-state index in [1.54, 1.807) is 7.05 Å². The van der Waals surface area contributed by atoms with Crippen LogP contribution in [0, 0.1) is 5.41 Å². The van der Waals surface area contributed by atoms with Gasteiger partial charge in [0.05, 0.1) is 5.56 Å². The van der Waals surface area contributed by atoms with Crippen molar-refractivity contribution in [3.8, 4) is 11.5 Å². The first-order chi connectivity index (χ1) is 8.28. The van der Waals surface area contributed by atoms with Gasteiger partial charge in [-0.25, -0.2) is 0 Å². The Morgan fingerprint density at radius 1 is 1.39 bits per heavy atom. The van der Waals surface area contributed by atoms with Crippen LogP contribution in [0.15, 0.2) is 18.2 Å². The zero-order valence-corrected chi connectivity index (χ0v) is 11.0. The fourth-order valence-electron chi connectivity index (χ4n) is 1.69. The third-order valence-electron chi connectivity index (χ3n) is 2.81. The van der Waals surface area contributed by atoms with Crippen LogP contribution in [0.5, 0.6) is 11.5 Å². The molecule has 0 aliphatic heterocycles. The molecule has 0 aliphatic rings. The summed E-state index contributed by atoms with van der Waals surface area (Å²) < 4.78 is 0. The van der Waals surface area contributed by atoms with Crippen LogP contribution in [0.1, 0.15) is 24.2 Å². The summed E-state index contributed by atoms with van der Waals surface area (Å²) in [7, 11) is 1.64. The van der Waals surface area contributed by atoms with Gasteiger partial charge < -0.3 is 20.8 Å². The Balaban J connectivity index is 2.91. The summed E-state index contributed by atoms with van der Waals surface area (Å²) in [5.74, 6) is -1.03. The van der Waals surface area contributed by atoms with Gasteiger partial charge in [0.2, 0.25) is 0 Å². The van der Waals surface area contributed by atoms with Crippen molar-refractivity contribution < 1.29 is 15.0 Å². The van der Waals surface area contributed by atoms with E-state index in [9.17, 15) is 15.0 Å². The zero-order valence-electron chi connectivity index (χ0n) is 11.0. The standard InChI is InChI=1S/C13H20N2O3/c1-13(2,7-14)8-15(3)12(18)9-5-4-6-10(16)11(9)17/h4-6,16-17H,7-8,14H2,1-3H3. The summed E-state index contributed by atoms with van der Waals surface area (Å²) in [4.78, 5) is 13.6. The largest absolute Gasteiger partial charge is 0.504 e. The molecule has 18 heavy (non-hydrogen) atoms. The van der Waals surface area contributed by atoms with E-state index in [2.05, 4.69) is 0 Å². The highest BCUT2D eigenvalue weighted by atomic mass is 16.3. The Bertz CT molecular complexity index is 444. The molecule has 1 amide bonds. The minimum absolute atomic E-state index is 0.0883. The third kappa shape index (κ3) is 3.13. The number of rotatable bonds is 4. The summed E-state index contributed by atoms with van der Waals surface area (Å²) in [5, 5.41) is 19.0. The number of para-hydroxylation sites is 1. The van der Waals surface area contributed by atoms with Gasteiger partial charge in [-0.1, -0.05) is 19.9 Å². The normalized spacial score (nSPS) is 11.3. The molecule has 0 saturated heterocycles. The fraction of sp³-hybridized carbons (Fsp3) is 0.462. The molecule has 0 aromatic heterocycles. The van der Waals surface area contributed by atoms with Gasteiger partial charge in [0.1, 0.15) is 0 Å². The van der Waals surface area contributed by atoms with Crippen LogP contribution in [0.2, 0.25) is 0 Å². The molecule has 5 heteroatoms. The molecule has 0 fully saturated rings. The van der Waals surface area contributed by atoms with Gasteiger partial charge in [0.15, 0.2) is 11.5 Å². The number of carbonyl (C=O) groups excluding carboxylic acids is 1. The second-order valence-corrected chi connectivity index (χ2v) is 5.20. The van der Waals surface area contributed by atoms with Crippen LogP contribution in [-0.4, -0.2) is 41.2 Å². The quantitative estimate of drug-likeness (QED) is 0.702. The van der Waals surface area contributed by atoms with E-state index in [0.717, 1.165) is 0 Å². The maximum atomic E-state index is 12.1. The second kappa shape index (κ2) is 5.27.